The van der Waals surface area contributed by atoms with E-state index in [0.29, 0.717) is 24.7 Å². The molecule has 2 rings (SSSR count). The van der Waals surface area contributed by atoms with E-state index in [-0.39, 0.29) is 29.9 Å². The first-order valence-corrected chi connectivity index (χ1v) is 8.79. The number of morpholine rings is 1. The topological polar surface area (TPSA) is 89.2 Å². The van der Waals surface area contributed by atoms with Crippen LogP contribution >= 0.6 is 24.0 Å². The van der Waals surface area contributed by atoms with Crippen LogP contribution < -0.4 is 11.1 Å². The van der Waals surface area contributed by atoms with Crippen molar-refractivity contribution in [3.05, 3.63) is 35.4 Å². The van der Waals surface area contributed by atoms with Gasteiger partial charge in [0.1, 0.15) is 0 Å². The third-order valence-electron chi connectivity index (χ3n) is 3.96. The van der Waals surface area contributed by atoms with E-state index in [9.17, 15) is 4.79 Å². The number of ether oxygens (including phenoxy) is 2. The zero-order valence-corrected chi connectivity index (χ0v) is 17.6. The van der Waals surface area contributed by atoms with Gasteiger partial charge in [-0.2, -0.15) is 0 Å². The van der Waals surface area contributed by atoms with Crippen LogP contribution in [0.25, 0.3) is 0 Å². The molecule has 0 unspecified atom stereocenters. The van der Waals surface area contributed by atoms with Crippen molar-refractivity contribution in [1.29, 1.82) is 0 Å². The average molecular weight is 476 g/mol. The normalized spacial score (nSPS) is 15.2. The maximum atomic E-state index is 11.6. The van der Waals surface area contributed by atoms with Gasteiger partial charge in [0, 0.05) is 19.6 Å². The number of nitrogens with two attached hydrogens (primary N) is 1. The minimum absolute atomic E-state index is 0. The van der Waals surface area contributed by atoms with E-state index in [1.54, 1.807) is 19.1 Å². The maximum absolute atomic E-state index is 11.6. The molecule has 1 heterocycles. The summed E-state index contributed by atoms with van der Waals surface area (Å²) >= 11 is 0. The molecule has 1 fully saturated rings. The molecule has 1 aliphatic rings. The molecule has 0 aromatic heterocycles. The van der Waals surface area contributed by atoms with Crippen molar-refractivity contribution in [1.82, 2.24) is 10.2 Å². The van der Waals surface area contributed by atoms with Gasteiger partial charge >= 0.3 is 5.97 Å². The van der Waals surface area contributed by atoms with Gasteiger partial charge in [-0.1, -0.05) is 12.1 Å². The molecular weight excluding hydrogens is 447 g/mol. The first kappa shape index (κ1) is 22.7. The lowest BCUT2D eigenvalue weighted by molar-refractivity contribution is 0.0376. The van der Waals surface area contributed by atoms with Crippen LogP contribution in [0.3, 0.4) is 0 Å². The SMILES string of the molecule is CCOC(=O)c1ccc(CN=C(N)NCCCN2CCOCC2)cc1.I. The molecule has 7 nitrogen and oxygen atoms in total. The summed E-state index contributed by atoms with van der Waals surface area (Å²) in [7, 11) is 0. The molecule has 1 aromatic rings. The Bertz CT molecular complexity index is 560. The van der Waals surface area contributed by atoms with Crippen molar-refractivity contribution in [2.75, 3.05) is 46.0 Å². The van der Waals surface area contributed by atoms with E-state index in [2.05, 4.69) is 15.2 Å². The Morgan fingerprint density at radius 1 is 1.31 bits per heavy atom. The van der Waals surface area contributed by atoms with E-state index >= 15 is 0 Å². The van der Waals surface area contributed by atoms with Crippen LogP contribution in [0.15, 0.2) is 29.3 Å². The first-order chi connectivity index (χ1) is 12.2. The summed E-state index contributed by atoms with van der Waals surface area (Å²) in [6.45, 7) is 8.14. The number of carbonyl (C=O) groups is 1. The predicted molar refractivity (Wildman–Crippen MR) is 113 cm³/mol. The molecule has 8 heteroatoms. The zero-order valence-electron chi connectivity index (χ0n) is 15.3. The smallest absolute Gasteiger partial charge is 0.338 e. The van der Waals surface area contributed by atoms with Crippen molar-refractivity contribution in [3.8, 4) is 0 Å². The minimum Gasteiger partial charge on any atom is -0.462 e. The summed E-state index contributed by atoms with van der Waals surface area (Å²) in [5.74, 6) is 0.135. The predicted octanol–water partition coefficient (Wildman–Crippen LogP) is 1.61. The van der Waals surface area contributed by atoms with Gasteiger partial charge in [-0.3, -0.25) is 4.90 Å². The number of benzene rings is 1. The lowest BCUT2D eigenvalue weighted by atomic mass is 10.1. The third kappa shape index (κ3) is 8.33. The highest BCUT2D eigenvalue weighted by Crippen LogP contribution is 2.07. The molecule has 1 aliphatic heterocycles. The number of hydrogen-bond donors (Lipinski definition) is 2. The Kier molecular flexibility index (Phi) is 11.2. The highest BCUT2D eigenvalue weighted by Gasteiger charge is 2.09. The molecule has 0 saturated carbocycles. The molecule has 1 aromatic carbocycles. The summed E-state index contributed by atoms with van der Waals surface area (Å²) in [5.41, 5.74) is 7.43. The van der Waals surface area contributed by atoms with Gasteiger partial charge in [0.25, 0.3) is 0 Å². The largest absolute Gasteiger partial charge is 0.462 e. The van der Waals surface area contributed by atoms with E-state index in [4.69, 9.17) is 15.2 Å². The fraction of sp³-hybridized carbons (Fsp3) is 0.556. The number of hydrogen-bond acceptors (Lipinski definition) is 5. The van der Waals surface area contributed by atoms with Crippen molar-refractivity contribution in [2.45, 2.75) is 19.9 Å². The molecule has 0 amide bonds. The van der Waals surface area contributed by atoms with E-state index in [1.165, 1.54) is 0 Å². The number of aliphatic imine (C=N–C) groups is 1. The number of rotatable bonds is 8. The van der Waals surface area contributed by atoms with Crippen molar-refractivity contribution >= 4 is 35.9 Å². The highest BCUT2D eigenvalue weighted by molar-refractivity contribution is 14.0. The molecule has 0 atom stereocenters. The molecule has 0 spiro atoms. The lowest BCUT2D eigenvalue weighted by Gasteiger charge is -2.26. The van der Waals surface area contributed by atoms with E-state index in [1.807, 2.05) is 12.1 Å². The van der Waals surface area contributed by atoms with E-state index in [0.717, 1.165) is 51.4 Å². The van der Waals surface area contributed by atoms with Gasteiger partial charge in [0.2, 0.25) is 0 Å². The van der Waals surface area contributed by atoms with Gasteiger partial charge in [-0.15, -0.1) is 24.0 Å². The molecular formula is C18H29IN4O3. The molecule has 3 N–H and O–H groups in total. The first-order valence-electron chi connectivity index (χ1n) is 8.79. The second-order valence-corrected chi connectivity index (χ2v) is 5.85. The van der Waals surface area contributed by atoms with Crippen LogP contribution in [-0.4, -0.2) is 62.8 Å². The Morgan fingerprint density at radius 2 is 2.00 bits per heavy atom. The fourth-order valence-corrected chi connectivity index (χ4v) is 2.54. The highest BCUT2D eigenvalue weighted by atomic mass is 127. The summed E-state index contributed by atoms with van der Waals surface area (Å²) in [6, 6.07) is 7.21. The number of carbonyl (C=O) groups excluding carboxylic acids is 1. The maximum Gasteiger partial charge on any atom is 0.338 e. The summed E-state index contributed by atoms with van der Waals surface area (Å²) < 4.78 is 10.3. The van der Waals surface area contributed by atoms with Gasteiger partial charge < -0.3 is 20.5 Å². The van der Waals surface area contributed by atoms with Crippen molar-refractivity contribution in [2.24, 2.45) is 10.7 Å². The number of guanidine groups is 1. The number of esters is 1. The Balaban J connectivity index is 0.00000338. The second-order valence-electron chi connectivity index (χ2n) is 5.85. The monoisotopic (exact) mass is 476 g/mol. The van der Waals surface area contributed by atoms with Crippen LogP contribution in [0.2, 0.25) is 0 Å². The van der Waals surface area contributed by atoms with Crippen LogP contribution in [-0.2, 0) is 16.0 Å². The number of nitrogens with zero attached hydrogens (tertiary/aromatic N) is 2. The quantitative estimate of drug-likeness (QED) is 0.195. The van der Waals surface area contributed by atoms with Gasteiger partial charge in [-0.25, -0.2) is 9.79 Å². The summed E-state index contributed by atoms with van der Waals surface area (Å²) in [4.78, 5) is 18.3. The summed E-state index contributed by atoms with van der Waals surface area (Å²) in [6.07, 6.45) is 1.02. The third-order valence-corrected chi connectivity index (χ3v) is 3.96. The molecule has 26 heavy (non-hydrogen) atoms. The molecule has 0 radical (unpaired) electrons. The minimum atomic E-state index is -0.306. The van der Waals surface area contributed by atoms with Crippen LogP contribution in [0.1, 0.15) is 29.3 Å². The molecule has 1 saturated heterocycles. The summed E-state index contributed by atoms with van der Waals surface area (Å²) in [5, 5.41) is 3.13. The Labute approximate surface area is 172 Å². The van der Waals surface area contributed by atoms with Crippen LogP contribution in [0.4, 0.5) is 0 Å². The Hall–Kier alpha value is -1.39. The molecule has 0 aliphatic carbocycles. The number of halogens is 1. The fourth-order valence-electron chi connectivity index (χ4n) is 2.54. The second kappa shape index (κ2) is 12.9. The van der Waals surface area contributed by atoms with E-state index < -0.39 is 0 Å². The lowest BCUT2D eigenvalue weighted by Crippen LogP contribution is -2.39. The van der Waals surface area contributed by atoms with Gasteiger partial charge in [-0.05, 0) is 37.6 Å². The standard InChI is InChI=1S/C18H28N4O3.HI/c1-2-25-17(23)16-6-4-15(5-7-16)14-21-18(19)20-8-3-9-22-10-12-24-13-11-22;/h4-7H,2-3,8-14H2,1H3,(H3,19,20,21);1H. The Morgan fingerprint density at radius 3 is 2.65 bits per heavy atom. The average Bonchev–Trinajstić information content (AvgIpc) is 2.65. The van der Waals surface area contributed by atoms with Crippen molar-refractivity contribution < 1.29 is 14.3 Å². The zero-order chi connectivity index (χ0) is 17.9. The molecule has 146 valence electrons. The van der Waals surface area contributed by atoms with Gasteiger partial charge in [0.15, 0.2) is 5.96 Å². The van der Waals surface area contributed by atoms with Gasteiger partial charge in [0.05, 0.1) is 31.9 Å². The van der Waals surface area contributed by atoms with Crippen LogP contribution in [0, 0.1) is 0 Å². The van der Waals surface area contributed by atoms with Crippen molar-refractivity contribution in [3.63, 3.8) is 0 Å². The van der Waals surface area contributed by atoms with Crippen LogP contribution in [0.5, 0.6) is 0 Å². The number of nitrogens with one attached hydrogen (secondary N) is 1. The molecule has 0 bridgehead atoms.